The monoisotopic (exact) mass is 271 g/mol. The molecule has 1 atom stereocenters. The number of hydrogen-bond donors (Lipinski definition) is 2. The van der Waals surface area contributed by atoms with Crippen LogP contribution in [0.2, 0.25) is 0 Å². The smallest absolute Gasteiger partial charge is 0.151 e. The highest BCUT2D eigenvalue weighted by atomic mass is 19.1. The van der Waals surface area contributed by atoms with Crippen LogP contribution in [0.25, 0.3) is 0 Å². The second-order valence-corrected chi connectivity index (χ2v) is 5.59. The number of nitrogens with one attached hydrogen (secondary N) is 1. The molecule has 0 aliphatic heterocycles. The number of anilines is 2. The van der Waals surface area contributed by atoms with Crippen molar-refractivity contribution in [1.82, 2.24) is 4.90 Å². The molecule has 19 heavy (non-hydrogen) atoms. The molecule has 0 bridgehead atoms. The van der Waals surface area contributed by atoms with Crippen LogP contribution in [0.15, 0.2) is 12.1 Å². The molecule has 1 aromatic carbocycles. The van der Waals surface area contributed by atoms with Crippen molar-refractivity contribution in [3.8, 4) is 0 Å². The number of likely N-dealkylation sites (N-methyl/N-ethyl adjacent to an activating group) is 1. The van der Waals surface area contributed by atoms with E-state index in [0.29, 0.717) is 12.5 Å². The summed E-state index contributed by atoms with van der Waals surface area (Å²) in [6.45, 7) is 4.88. The van der Waals surface area contributed by atoms with Crippen molar-refractivity contribution in [2.75, 3.05) is 31.7 Å². The molecule has 1 unspecified atom stereocenters. The van der Waals surface area contributed by atoms with E-state index in [1.807, 2.05) is 19.0 Å². The van der Waals surface area contributed by atoms with Crippen molar-refractivity contribution in [2.45, 2.75) is 26.3 Å². The van der Waals surface area contributed by atoms with Crippen LogP contribution in [0, 0.1) is 17.6 Å². The van der Waals surface area contributed by atoms with Gasteiger partial charge in [0.1, 0.15) is 5.69 Å². The maximum Gasteiger partial charge on any atom is 0.151 e. The fourth-order valence-corrected chi connectivity index (χ4v) is 2.12. The number of hydrogen-bond acceptors (Lipinski definition) is 3. The lowest BCUT2D eigenvalue weighted by molar-refractivity contribution is 0.355. The summed E-state index contributed by atoms with van der Waals surface area (Å²) < 4.78 is 27.5. The highest BCUT2D eigenvalue weighted by molar-refractivity contribution is 5.54. The third kappa shape index (κ3) is 5.03. The van der Waals surface area contributed by atoms with Crippen molar-refractivity contribution < 1.29 is 8.78 Å². The molecule has 0 spiro atoms. The van der Waals surface area contributed by atoms with E-state index in [0.717, 1.165) is 18.6 Å². The van der Waals surface area contributed by atoms with Gasteiger partial charge in [0.2, 0.25) is 0 Å². The van der Waals surface area contributed by atoms with Gasteiger partial charge in [-0.1, -0.05) is 13.8 Å². The van der Waals surface area contributed by atoms with Gasteiger partial charge in [-0.3, -0.25) is 0 Å². The Hall–Kier alpha value is -1.36. The Morgan fingerprint density at radius 1 is 1.21 bits per heavy atom. The quantitative estimate of drug-likeness (QED) is 0.782. The molecule has 1 rings (SSSR count). The summed E-state index contributed by atoms with van der Waals surface area (Å²) >= 11 is 0. The largest absolute Gasteiger partial charge is 0.399 e. The Bertz CT molecular complexity index is 386. The minimum Gasteiger partial charge on any atom is -0.399 e. The minimum atomic E-state index is -0.648. The number of nitrogens with two attached hydrogens (primary N) is 1. The van der Waals surface area contributed by atoms with Crippen LogP contribution in [0.4, 0.5) is 20.2 Å². The van der Waals surface area contributed by atoms with E-state index in [1.54, 1.807) is 0 Å². The molecule has 0 amide bonds. The molecule has 1 aromatic rings. The van der Waals surface area contributed by atoms with Crippen molar-refractivity contribution >= 4 is 11.4 Å². The first-order valence-corrected chi connectivity index (χ1v) is 6.45. The van der Waals surface area contributed by atoms with Gasteiger partial charge in [-0.05, 0) is 38.6 Å². The van der Waals surface area contributed by atoms with Gasteiger partial charge in [-0.15, -0.1) is 0 Å². The summed E-state index contributed by atoms with van der Waals surface area (Å²) in [7, 11) is 3.87. The van der Waals surface area contributed by atoms with Gasteiger partial charge in [-0.2, -0.15) is 0 Å². The molecule has 0 saturated heterocycles. The summed E-state index contributed by atoms with van der Waals surface area (Å²) in [6.07, 6.45) is 0.835. The third-order valence-corrected chi connectivity index (χ3v) is 2.75. The van der Waals surface area contributed by atoms with E-state index in [2.05, 4.69) is 19.2 Å². The summed E-state index contributed by atoms with van der Waals surface area (Å²) in [4.78, 5) is 1.99. The van der Waals surface area contributed by atoms with Crippen LogP contribution in [0.5, 0.6) is 0 Å². The fourth-order valence-electron chi connectivity index (χ4n) is 2.12. The van der Waals surface area contributed by atoms with Gasteiger partial charge in [-0.25, -0.2) is 8.78 Å². The predicted molar refractivity (Wildman–Crippen MR) is 76.2 cm³/mol. The molecule has 0 heterocycles. The zero-order valence-corrected chi connectivity index (χ0v) is 12.0. The van der Waals surface area contributed by atoms with Gasteiger partial charge >= 0.3 is 0 Å². The molecule has 108 valence electrons. The van der Waals surface area contributed by atoms with E-state index in [9.17, 15) is 8.78 Å². The highest BCUT2D eigenvalue weighted by Gasteiger charge is 2.17. The number of rotatable bonds is 6. The van der Waals surface area contributed by atoms with Crippen LogP contribution in [0.3, 0.4) is 0 Å². The van der Waals surface area contributed by atoms with Crippen molar-refractivity contribution in [3.05, 3.63) is 23.8 Å². The van der Waals surface area contributed by atoms with Gasteiger partial charge in [0, 0.05) is 18.3 Å². The van der Waals surface area contributed by atoms with Gasteiger partial charge in [0.05, 0.1) is 0 Å². The second-order valence-electron chi connectivity index (χ2n) is 5.59. The van der Waals surface area contributed by atoms with E-state index in [4.69, 9.17) is 5.73 Å². The molecule has 0 aliphatic carbocycles. The molecule has 0 fully saturated rings. The minimum absolute atomic E-state index is 0.0115. The van der Waals surface area contributed by atoms with Crippen molar-refractivity contribution in [3.63, 3.8) is 0 Å². The Balaban J connectivity index is 2.89. The van der Waals surface area contributed by atoms with Crippen LogP contribution in [-0.2, 0) is 0 Å². The van der Waals surface area contributed by atoms with E-state index in [1.165, 1.54) is 0 Å². The molecule has 5 heteroatoms. The first-order chi connectivity index (χ1) is 8.79. The first kappa shape index (κ1) is 15.7. The number of benzene rings is 1. The van der Waals surface area contributed by atoms with Gasteiger partial charge in [0.15, 0.2) is 11.6 Å². The molecule has 3 N–H and O–H groups in total. The van der Waals surface area contributed by atoms with Crippen molar-refractivity contribution in [2.24, 2.45) is 5.92 Å². The summed E-state index contributed by atoms with van der Waals surface area (Å²) in [5, 5.41) is 2.96. The van der Waals surface area contributed by atoms with Crippen LogP contribution in [0.1, 0.15) is 20.3 Å². The molecule has 0 aliphatic rings. The molecular weight excluding hydrogens is 248 g/mol. The van der Waals surface area contributed by atoms with Gasteiger partial charge < -0.3 is 16.0 Å². The summed E-state index contributed by atoms with van der Waals surface area (Å²) in [6, 6.07) is 2.25. The zero-order valence-electron chi connectivity index (χ0n) is 12.0. The lowest BCUT2D eigenvalue weighted by Crippen LogP contribution is -2.34. The van der Waals surface area contributed by atoms with Crippen molar-refractivity contribution in [1.29, 1.82) is 0 Å². The third-order valence-electron chi connectivity index (χ3n) is 2.75. The average Bonchev–Trinajstić information content (AvgIpc) is 2.21. The standard InChI is InChI=1S/C14H23F2N3/c1-9(2)5-11(8-19(3)4)18-14-12(15)6-10(17)7-13(14)16/h6-7,9,11,18H,5,8,17H2,1-4H3. The Morgan fingerprint density at radius 3 is 2.16 bits per heavy atom. The number of halogens is 2. The van der Waals surface area contributed by atoms with Crippen LogP contribution < -0.4 is 11.1 Å². The molecule has 3 nitrogen and oxygen atoms in total. The topological polar surface area (TPSA) is 41.3 Å². The normalized spacial score (nSPS) is 13.1. The Kier molecular flexibility index (Phi) is 5.54. The Morgan fingerprint density at radius 2 is 1.74 bits per heavy atom. The maximum atomic E-state index is 13.8. The fraction of sp³-hybridized carbons (Fsp3) is 0.571. The molecule has 0 saturated carbocycles. The SMILES string of the molecule is CC(C)CC(CN(C)C)Nc1c(F)cc(N)cc1F. The highest BCUT2D eigenvalue weighted by Crippen LogP contribution is 2.24. The first-order valence-electron chi connectivity index (χ1n) is 6.45. The molecular formula is C14H23F2N3. The molecule has 0 radical (unpaired) electrons. The number of nitrogen functional groups attached to an aromatic ring is 1. The van der Waals surface area contributed by atoms with Crippen LogP contribution >= 0.6 is 0 Å². The molecule has 0 aromatic heterocycles. The van der Waals surface area contributed by atoms with E-state index >= 15 is 0 Å². The average molecular weight is 271 g/mol. The zero-order chi connectivity index (χ0) is 14.6. The van der Waals surface area contributed by atoms with E-state index in [-0.39, 0.29) is 17.4 Å². The van der Waals surface area contributed by atoms with E-state index < -0.39 is 11.6 Å². The van der Waals surface area contributed by atoms with Crippen LogP contribution in [-0.4, -0.2) is 31.6 Å². The Labute approximate surface area is 113 Å². The lowest BCUT2D eigenvalue weighted by Gasteiger charge is -2.25. The second kappa shape index (κ2) is 6.70. The van der Waals surface area contributed by atoms with Gasteiger partial charge in [0.25, 0.3) is 0 Å². The predicted octanol–water partition coefficient (Wildman–Crippen LogP) is 2.94. The lowest BCUT2D eigenvalue weighted by atomic mass is 10.0. The summed E-state index contributed by atoms with van der Waals surface area (Å²) in [5.41, 5.74) is 5.40. The number of nitrogens with zero attached hydrogens (tertiary/aromatic N) is 1. The maximum absolute atomic E-state index is 13.8. The summed E-state index contributed by atoms with van der Waals surface area (Å²) in [5.74, 6) is -0.854.